The fraction of sp³-hybridized carbons (Fsp3) is 0.474. The second-order valence-electron chi connectivity index (χ2n) is 7.09. The molecule has 0 saturated heterocycles. The zero-order valence-corrected chi connectivity index (χ0v) is 19.8. The quantitative estimate of drug-likeness (QED) is 0.259. The van der Waals surface area contributed by atoms with Gasteiger partial charge in [0.15, 0.2) is 0 Å². The van der Waals surface area contributed by atoms with Crippen molar-refractivity contribution >= 4 is 47.8 Å². The smallest absolute Gasteiger partial charge is 0.407 e. The molecule has 0 saturated carbocycles. The first-order chi connectivity index (χ1) is 12.8. The molecule has 0 aliphatic rings. The Morgan fingerprint density at radius 3 is 2.74 bits per heavy atom. The van der Waals surface area contributed by atoms with Crippen LogP contribution in [0.3, 0.4) is 0 Å². The molecule has 0 radical (unpaired) electrons. The molecule has 1 heterocycles. The lowest BCUT2D eigenvalue weighted by atomic mass is 9.99. The number of thiazole rings is 1. The Morgan fingerprint density at radius 1 is 1.33 bits per heavy atom. The van der Waals surface area contributed by atoms with Crippen molar-refractivity contribution in [2.45, 2.75) is 52.7 Å². The van der Waals surface area contributed by atoms with Crippen LogP contribution >= 0.6 is 41.8 Å². The van der Waals surface area contributed by atoms with Crippen LogP contribution in [0.1, 0.15) is 44.0 Å². The lowest BCUT2D eigenvalue weighted by Crippen LogP contribution is -2.32. The number of ether oxygens (including phenoxy) is 1. The van der Waals surface area contributed by atoms with Crippen LogP contribution in [0.5, 0.6) is 0 Å². The Bertz CT molecular complexity index is 760. The Morgan fingerprint density at radius 2 is 2.11 bits per heavy atom. The maximum atomic E-state index is 12.0. The number of carbonyl (C=O) groups is 1. The third kappa shape index (κ3) is 7.59. The number of nitrogens with zero attached hydrogens (tertiary/aromatic N) is 1. The number of aromatic nitrogens is 1. The van der Waals surface area contributed by atoms with Crippen LogP contribution in [0.4, 0.5) is 4.79 Å². The molecule has 0 aliphatic heterocycles. The van der Waals surface area contributed by atoms with Crippen LogP contribution in [0.15, 0.2) is 23.7 Å². The van der Waals surface area contributed by atoms with Crippen LogP contribution in [-0.2, 0) is 21.9 Å². The first-order valence-electron chi connectivity index (χ1n) is 8.69. The van der Waals surface area contributed by atoms with Gasteiger partial charge in [0.1, 0.15) is 5.60 Å². The Balaban J connectivity index is 2.14. The van der Waals surface area contributed by atoms with Gasteiger partial charge in [0.2, 0.25) is 0 Å². The second-order valence-corrected chi connectivity index (χ2v) is 9.39. The Labute approximate surface area is 181 Å². The van der Waals surface area contributed by atoms with Crippen molar-refractivity contribution in [2.75, 3.05) is 6.61 Å². The van der Waals surface area contributed by atoms with Gasteiger partial charge in [0.25, 0.3) is 0 Å². The Hall–Kier alpha value is -0.840. The zero-order valence-electron chi connectivity index (χ0n) is 16.0. The van der Waals surface area contributed by atoms with Gasteiger partial charge in [-0.15, -0.1) is 11.3 Å². The number of nitrogens with one attached hydrogen (secondary N) is 1. The van der Waals surface area contributed by atoms with E-state index in [0.717, 1.165) is 29.7 Å². The van der Waals surface area contributed by atoms with Gasteiger partial charge in [-0.25, -0.2) is 9.78 Å². The van der Waals surface area contributed by atoms with E-state index in [4.69, 9.17) is 8.92 Å². The highest BCUT2D eigenvalue weighted by Crippen LogP contribution is 2.29. The summed E-state index contributed by atoms with van der Waals surface area (Å²) in [7, 11) is 1.35. The number of carbonyl (C=O) groups excluding carboxylic acids is 1. The number of hydrogen-bond donors (Lipinski definition) is 1. The fourth-order valence-corrected chi connectivity index (χ4v) is 4.11. The third-order valence-corrected chi connectivity index (χ3v) is 5.75. The fourth-order valence-electron chi connectivity index (χ4n) is 2.59. The summed E-state index contributed by atoms with van der Waals surface area (Å²) >= 11 is 3.77. The largest absolute Gasteiger partial charge is 0.444 e. The predicted octanol–water partition coefficient (Wildman–Crippen LogP) is 6.09. The molecule has 1 amide bonds. The third-order valence-electron chi connectivity index (χ3n) is 3.75. The molecule has 27 heavy (non-hydrogen) atoms. The number of aryl methyl sites for hydroxylation is 2. The zero-order chi connectivity index (χ0) is 19.9. The molecule has 148 valence electrons. The van der Waals surface area contributed by atoms with E-state index in [2.05, 4.69) is 49.7 Å². The number of hydrogen-bond acceptors (Lipinski definition) is 6. The summed E-state index contributed by atoms with van der Waals surface area (Å²) < 4.78 is 10.7. The molecule has 0 spiro atoms. The summed E-state index contributed by atoms with van der Waals surface area (Å²) in [5, 5.41) is 2.86. The number of amides is 1. The normalized spacial score (nSPS) is 11.4. The van der Waals surface area contributed by atoms with Gasteiger partial charge in [-0.05, 0) is 63.3 Å². The monoisotopic (exact) mass is 520 g/mol. The summed E-state index contributed by atoms with van der Waals surface area (Å²) in [5.74, 6) is 0. The van der Waals surface area contributed by atoms with Crippen LogP contribution in [0.25, 0.3) is 10.4 Å². The maximum absolute atomic E-state index is 12.0. The van der Waals surface area contributed by atoms with Gasteiger partial charge in [0, 0.05) is 27.8 Å². The maximum Gasteiger partial charge on any atom is 0.407 e. The number of benzene rings is 1. The van der Waals surface area contributed by atoms with Crippen LogP contribution in [0.2, 0.25) is 0 Å². The van der Waals surface area contributed by atoms with E-state index in [9.17, 15) is 4.79 Å². The van der Waals surface area contributed by atoms with Crippen molar-refractivity contribution in [3.63, 3.8) is 0 Å². The molecule has 0 aliphatic carbocycles. The number of alkyl carbamates (subject to hydrolysis) is 1. The molecule has 0 fully saturated rings. The first-order valence-corrected chi connectivity index (χ1v) is 12.9. The van der Waals surface area contributed by atoms with E-state index in [0.29, 0.717) is 13.2 Å². The van der Waals surface area contributed by atoms with Crippen molar-refractivity contribution < 1.29 is 13.7 Å². The standard InChI is InChI=1S/C19H25IN2O3S2/c1-13-17(26-12-22-13)15-7-8-16(11-21-18(23)25-19(2,3)4)14(10-15)6-5-9-24-27-20/h7-8,10,12H,5-6,9,11H2,1-4H3,(H,21,23). The van der Waals surface area contributed by atoms with Crippen LogP contribution < -0.4 is 5.32 Å². The molecular formula is C19H25IN2O3S2. The van der Waals surface area contributed by atoms with Crippen molar-refractivity contribution in [3.05, 3.63) is 40.5 Å². The minimum absolute atomic E-state index is 0.402. The van der Waals surface area contributed by atoms with Gasteiger partial charge in [-0.3, -0.25) is 0 Å². The van der Waals surface area contributed by atoms with Gasteiger partial charge in [-0.1, -0.05) is 12.1 Å². The molecule has 5 nitrogen and oxygen atoms in total. The van der Waals surface area contributed by atoms with Gasteiger partial charge < -0.3 is 14.2 Å². The minimum atomic E-state index is -0.505. The van der Waals surface area contributed by atoms with Crippen LogP contribution in [-0.4, -0.2) is 23.3 Å². The summed E-state index contributed by atoms with van der Waals surface area (Å²) in [5.41, 5.74) is 5.86. The molecule has 2 rings (SSSR count). The van der Waals surface area contributed by atoms with Crippen molar-refractivity contribution in [1.82, 2.24) is 10.3 Å². The average Bonchev–Trinajstić information content (AvgIpc) is 3.02. The molecule has 1 N–H and O–H groups in total. The highest BCUT2D eigenvalue weighted by atomic mass is 127. The SMILES string of the molecule is Cc1ncsc1-c1ccc(CNC(=O)OC(C)(C)C)c(CCCOSI)c1. The molecule has 0 atom stereocenters. The van der Waals surface area contributed by atoms with Gasteiger partial charge in [0.05, 0.1) is 31.9 Å². The number of halogens is 1. The lowest BCUT2D eigenvalue weighted by molar-refractivity contribution is 0.0523. The Kier molecular flexibility index (Phi) is 8.84. The van der Waals surface area contributed by atoms with E-state index in [1.54, 1.807) is 11.3 Å². The average molecular weight is 520 g/mol. The summed E-state index contributed by atoms with van der Waals surface area (Å²) in [6.07, 6.45) is 1.40. The molecule has 0 bridgehead atoms. The number of rotatable bonds is 8. The van der Waals surface area contributed by atoms with E-state index < -0.39 is 11.7 Å². The predicted molar refractivity (Wildman–Crippen MR) is 121 cm³/mol. The van der Waals surface area contributed by atoms with Crippen molar-refractivity contribution in [3.8, 4) is 10.4 Å². The van der Waals surface area contributed by atoms with Crippen molar-refractivity contribution in [1.29, 1.82) is 0 Å². The van der Waals surface area contributed by atoms with E-state index in [1.165, 1.54) is 19.7 Å². The molecule has 1 aromatic heterocycles. The molecule has 8 heteroatoms. The molecule has 2 aromatic rings. The topological polar surface area (TPSA) is 60.5 Å². The van der Waals surface area contributed by atoms with Gasteiger partial charge >= 0.3 is 6.09 Å². The van der Waals surface area contributed by atoms with Gasteiger partial charge in [-0.2, -0.15) is 0 Å². The molecule has 1 aromatic carbocycles. The molecule has 0 unspecified atom stereocenters. The second kappa shape index (κ2) is 10.6. The highest BCUT2D eigenvalue weighted by Gasteiger charge is 2.16. The van der Waals surface area contributed by atoms with Crippen LogP contribution in [0, 0.1) is 6.92 Å². The molecular weight excluding hydrogens is 495 g/mol. The summed E-state index contributed by atoms with van der Waals surface area (Å²) in [6.45, 7) is 8.72. The van der Waals surface area contributed by atoms with E-state index >= 15 is 0 Å². The van der Waals surface area contributed by atoms with Crippen molar-refractivity contribution in [2.24, 2.45) is 0 Å². The lowest BCUT2D eigenvalue weighted by Gasteiger charge is -2.20. The summed E-state index contributed by atoms with van der Waals surface area (Å²) in [4.78, 5) is 17.5. The van der Waals surface area contributed by atoms with E-state index in [-0.39, 0.29) is 0 Å². The minimum Gasteiger partial charge on any atom is -0.444 e. The highest BCUT2D eigenvalue weighted by molar-refractivity contribution is 14.2. The first kappa shape index (κ1) is 22.4. The van der Waals surface area contributed by atoms with E-state index in [1.807, 2.05) is 33.2 Å². The summed E-state index contributed by atoms with van der Waals surface area (Å²) in [6, 6.07) is 6.37.